The molecule has 0 bridgehead atoms. The minimum atomic E-state index is -0.617. The Kier molecular flexibility index (Phi) is 5.03. The van der Waals surface area contributed by atoms with E-state index < -0.39 is 16.8 Å². The van der Waals surface area contributed by atoms with Gasteiger partial charge in [-0.3, -0.25) is 14.9 Å². The van der Waals surface area contributed by atoms with Gasteiger partial charge in [0.05, 0.1) is 17.6 Å². The first-order valence-corrected chi connectivity index (χ1v) is 9.01. The number of para-hydroxylation sites is 1. The maximum atomic E-state index is 12.6. The average Bonchev–Trinajstić information content (AvgIpc) is 2.97. The number of benzene rings is 1. The number of nitro groups is 1. The van der Waals surface area contributed by atoms with Gasteiger partial charge in [0.2, 0.25) is 0 Å². The number of hydrogen-bond acceptors (Lipinski definition) is 6. The SMILES string of the molecule is COC(=O)c1c(NC(=O)c2ccccc2[N+](=O)[O-])sc2c1CCC(C)C2. The third kappa shape index (κ3) is 3.32. The molecule has 1 N–H and O–H groups in total. The lowest BCUT2D eigenvalue weighted by atomic mass is 9.88. The van der Waals surface area contributed by atoms with E-state index in [1.54, 1.807) is 6.07 Å². The Morgan fingerprint density at radius 2 is 2.08 bits per heavy atom. The second kappa shape index (κ2) is 7.25. The third-order valence-corrected chi connectivity index (χ3v) is 5.64. The molecule has 0 fully saturated rings. The molecule has 0 spiro atoms. The normalized spacial score (nSPS) is 15.8. The zero-order chi connectivity index (χ0) is 18.8. The standard InChI is InChI=1S/C18H18N2O5S/c1-10-7-8-12-14(9-10)26-17(15(12)18(22)25-2)19-16(21)11-5-3-4-6-13(11)20(23)24/h3-6,10H,7-9H2,1-2H3,(H,19,21). The fraction of sp³-hybridized carbons (Fsp3) is 0.333. The minimum Gasteiger partial charge on any atom is -0.465 e. The molecular weight excluding hydrogens is 356 g/mol. The van der Waals surface area contributed by atoms with E-state index in [1.165, 1.54) is 36.6 Å². The molecule has 26 heavy (non-hydrogen) atoms. The lowest BCUT2D eigenvalue weighted by Gasteiger charge is -2.18. The molecule has 1 heterocycles. The highest BCUT2D eigenvalue weighted by atomic mass is 32.1. The first kappa shape index (κ1) is 18.1. The van der Waals surface area contributed by atoms with Crippen LogP contribution in [-0.4, -0.2) is 23.9 Å². The van der Waals surface area contributed by atoms with Crippen molar-refractivity contribution in [3.05, 3.63) is 55.9 Å². The summed E-state index contributed by atoms with van der Waals surface area (Å²) in [4.78, 5) is 36.5. The molecule has 1 aliphatic rings. The van der Waals surface area contributed by atoms with Gasteiger partial charge in [-0.25, -0.2) is 4.79 Å². The molecule has 1 aromatic heterocycles. The van der Waals surface area contributed by atoms with Crippen molar-refractivity contribution in [3.63, 3.8) is 0 Å². The summed E-state index contributed by atoms with van der Waals surface area (Å²) >= 11 is 1.34. The maximum absolute atomic E-state index is 12.6. The predicted octanol–water partition coefficient (Wildman–Crippen LogP) is 3.82. The smallest absolute Gasteiger partial charge is 0.341 e. The van der Waals surface area contributed by atoms with Crippen molar-refractivity contribution in [2.24, 2.45) is 5.92 Å². The second-order valence-electron chi connectivity index (χ2n) is 6.28. The van der Waals surface area contributed by atoms with Crippen LogP contribution in [0, 0.1) is 16.0 Å². The molecule has 1 atom stereocenters. The number of carbonyl (C=O) groups is 2. The van der Waals surface area contributed by atoms with Crippen LogP contribution in [0.5, 0.6) is 0 Å². The van der Waals surface area contributed by atoms with Crippen LogP contribution >= 0.6 is 11.3 Å². The third-order valence-electron chi connectivity index (χ3n) is 4.47. The fourth-order valence-corrected chi connectivity index (χ4v) is 4.55. The Morgan fingerprint density at radius 3 is 2.77 bits per heavy atom. The molecule has 0 saturated carbocycles. The molecule has 2 aromatic rings. The number of fused-ring (bicyclic) bond motifs is 1. The molecule has 1 amide bonds. The number of amides is 1. The summed E-state index contributed by atoms with van der Waals surface area (Å²) in [6, 6.07) is 5.72. The fourth-order valence-electron chi connectivity index (χ4n) is 3.15. The number of anilines is 1. The number of rotatable bonds is 4. The summed E-state index contributed by atoms with van der Waals surface area (Å²) in [5.74, 6) is -0.616. The van der Waals surface area contributed by atoms with Crippen LogP contribution in [0.1, 0.15) is 44.5 Å². The van der Waals surface area contributed by atoms with Crippen molar-refractivity contribution in [1.29, 1.82) is 0 Å². The Balaban J connectivity index is 1.99. The van der Waals surface area contributed by atoms with Crippen molar-refractivity contribution >= 4 is 33.9 Å². The summed E-state index contributed by atoms with van der Waals surface area (Å²) < 4.78 is 4.89. The maximum Gasteiger partial charge on any atom is 0.341 e. The number of nitro benzene ring substituents is 1. The summed E-state index contributed by atoms with van der Waals surface area (Å²) in [5.41, 5.74) is 0.955. The van der Waals surface area contributed by atoms with Gasteiger partial charge in [0.25, 0.3) is 11.6 Å². The molecule has 3 rings (SSSR count). The van der Waals surface area contributed by atoms with Crippen molar-refractivity contribution < 1.29 is 19.2 Å². The second-order valence-corrected chi connectivity index (χ2v) is 7.38. The minimum absolute atomic E-state index is 0.0481. The van der Waals surface area contributed by atoms with E-state index in [-0.39, 0.29) is 11.3 Å². The van der Waals surface area contributed by atoms with Crippen molar-refractivity contribution in [1.82, 2.24) is 0 Å². The number of carbonyl (C=O) groups excluding carboxylic acids is 2. The number of nitrogens with zero attached hydrogens (tertiary/aromatic N) is 1. The lowest BCUT2D eigenvalue weighted by Crippen LogP contribution is -2.16. The highest BCUT2D eigenvalue weighted by Gasteiger charge is 2.30. The number of methoxy groups -OCH3 is 1. The van der Waals surface area contributed by atoms with Crippen LogP contribution in [0.15, 0.2) is 24.3 Å². The van der Waals surface area contributed by atoms with Crippen LogP contribution in [0.4, 0.5) is 10.7 Å². The van der Waals surface area contributed by atoms with Gasteiger partial charge in [-0.2, -0.15) is 0 Å². The van der Waals surface area contributed by atoms with Gasteiger partial charge in [0.1, 0.15) is 10.6 Å². The number of thiophene rings is 1. The predicted molar refractivity (Wildman–Crippen MR) is 97.9 cm³/mol. The molecular formula is C18H18N2O5S. The Bertz CT molecular complexity index is 890. The summed E-state index contributed by atoms with van der Waals surface area (Å²) in [7, 11) is 1.30. The van der Waals surface area contributed by atoms with E-state index in [0.717, 1.165) is 29.7 Å². The topological polar surface area (TPSA) is 98.5 Å². The largest absolute Gasteiger partial charge is 0.465 e. The van der Waals surface area contributed by atoms with Crippen LogP contribution in [-0.2, 0) is 17.6 Å². The molecule has 1 aliphatic carbocycles. The monoisotopic (exact) mass is 374 g/mol. The quantitative estimate of drug-likeness (QED) is 0.498. The zero-order valence-electron chi connectivity index (χ0n) is 14.4. The van der Waals surface area contributed by atoms with Gasteiger partial charge < -0.3 is 10.1 Å². The van der Waals surface area contributed by atoms with E-state index in [2.05, 4.69) is 12.2 Å². The number of hydrogen-bond donors (Lipinski definition) is 1. The summed E-state index contributed by atoms with van der Waals surface area (Å²) in [5, 5.41) is 14.2. The highest BCUT2D eigenvalue weighted by molar-refractivity contribution is 7.17. The summed E-state index contributed by atoms with van der Waals surface area (Å²) in [6.45, 7) is 2.14. The van der Waals surface area contributed by atoms with Gasteiger partial charge in [-0.15, -0.1) is 11.3 Å². The van der Waals surface area contributed by atoms with Crippen LogP contribution in [0.25, 0.3) is 0 Å². The molecule has 0 aliphatic heterocycles. The Labute approximate surface area is 154 Å². The Morgan fingerprint density at radius 1 is 1.35 bits per heavy atom. The van der Waals surface area contributed by atoms with E-state index >= 15 is 0 Å². The molecule has 136 valence electrons. The highest BCUT2D eigenvalue weighted by Crippen LogP contribution is 2.40. The first-order chi connectivity index (χ1) is 12.4. The number of nitrogens with one attached hydrogen (secondary N) is 1. The first-order valence-electron chi connectivity index (χ1n) is 8.20. The van der Waals surface area contributed by atoms with Gasteiger partial charge in [-0.1, -0.05) is 19.1 Å². The van der Waals surface area contributed by atoms with Gasteiger partial charge >= 0.3 is 5.97 Å². The van der Waals surface area contributed by atoms with Crippen molar-refractivity contribution in [2.45, 2.75) is 26.2 Å². The van der Waals surface area contributed by atoms with E-state index in [0.29, 0.717) is 16.5 Å². The van der Waals surface area contributed by atoms with E-state index in [9.17, 15) is 19.7 Å². The van der Waals surface area contributed by atoms with Gasteiger partial charge in [0, 0.05) is 10.9 Å². The summed E-state index contributed by atoms with van der Waals surface area (Å²) in [6.07, 6.45) is 2.55. The molecule has 7 nitrogen and oxygen atoms in total. The van der Waals surface area contributed by atoms with Gasteiger partial charge in [0.15, 0.2) is 0 Å². The molecule has 0 saturated heterocycles. The number of ether oxygens (including phenoxy) is 1. The molecule has 1 aromatic carbocycles. The van der Waals surface area contributed by atoms with E-state index in [4.69, 9.17) is 4.74 Å². The molecule has 0 radical (unpaired) electrons. The van der Waals surface area contributed by atoms with Gasteiger partial charge in [-0.05, 0) is 36.8 Å². The van der Waals surface area contributed by atoms with Crippen LogP contribution in [0.2, 0.25) is 0 Å². The van der Waals surface area contributed by atoms with Crippen LogP contribution < -0.4 is 5.32 Å². The van der Waals surface area contributed by atoms with E-state index in [1.807, 2.05) is 0 Å². The van der Waals surface area contributed by atoms with Crippen LogP contribution in [0.3, 0.4) is 0 Å². The Hall–Kier alpha value is -2.74. The number of esters is 1. The zero-order valence-corrected chi connectivity index (χ0v) is 15.2. The lowest BCUT2D eigenvalue weighted by molar-refractivity contribution is -0.385. The van der Waals surface area contributed by atoms with Crippen molar-refractivity contribution in [3.8, 4) is 0 Å². The van der Waals surface area contributed by atoms with Crippen molar-refractivity contribution in [2.75, 3.05) is 12.4 Å². The molecule has 8 heteroatoms. The average molecular weight is 374 g/mol. The molecule has 1 unspecified atom stereocenters.